The Kier molecular flexibility index (Phi) is 4.20. The van der Waals surface area contributed by atoms with Gasteiger partial charge in [-0.15, -0.1) is 0 Å². The molecule has 0 aliphatic carbocycles. The van der Waals surface area contributed by atoms with E-state index in [1.807, 2.05) is 6.92 Å². The number of nitrogens with zero attached hydrogens (tertiary/aromatic N) is 2. The van der Waals surface area contributed by atoms with E-state index >= 15 is 0 Å². The highest BCUT2D eigenvalue weighted by molar-refractivity contribution is 5.98. The van der Waals surface area contributed by atoms with E-state index < -0.39 is 22.2 Å². The molecule has 0 unspecified atom stereocenters. The summed E-state index contributed by atoms with van der Waals surface area (Å²) < 4.78 is 2.03. The van der Waals surface area contributed by atoms with Gasteiger partial charge in [-0.3, -0.25) is 23.7 Å². The van der Waals surface area contributed by atoms with Gasteiger partial charge in [0, 0.05) is 12.7 Å². The van der Waals surface area contributed by atoms with Gasteiger partial charge < -0.3 is 0 Å². The molecule has 26 heavy (non-hydrogen) atoms. The van der Waals surface area contributed by atoms with Gasteiger partial charge in [0.1, 0.15) is 0 Å². The summed E-state index contributed by atoms with van der Waals surface area (Å²) in [6, 6.07) is 2.69. The number of fused-ring (bicyclic) bond motifs is 2. The molecule has 0 aliphatic rings. The van der Waals surface area contributed by atoms with Crippen molar-refractivity contribution >= 4 is 27.2 Å². The molecule has 0 spiro atoms. The van der Waals surface area contributed by atoms with Crippen LogP contribution in [0.2, 0.25) is 0 Å². The van der Waals surface area contributed by atoms with Gasteiger partial charge in [-0.1, -0.05) is 31.2 Å². The molecule has 0 bridgehead atoms. The molecule has 3 rings (SSSR count). The number of rotatable bonds is 4. The van der Waals surface area contributed by atoms with E-state index in [0.29, 0.717) is 5.70 Å². The van der Waals surface area contributed by atoms with Crippen LogP contribution >= 0.6 is 0 Å². The molecule has 6 nitrogen and oxygen atoms in total. The summed E-state index contributed by atoms with van der Waals surface area (Å²) in [6.45, 7) is 7.54. The van der Waals surface area contributed by atoms with Gasteiger partial charge in [0.2, 0.25) is 0 Å². The molecule has 2 aromatic heterocycles. The van der Waals surface area contributed by atoms with E-state index in [4.69, 9.17) is 0 Å². The van der Waals surface area contributed by atoms with Crippen LogP contribution in [0.5, 0.6) is 0 Å². The van der Waals surface area contributed by atoms with Crippen molar-refractivity contribution in [3.63, 3.8) is 0 Å². The quantitative estimate of drug-likeness (QED) is 0.673. The largest absolute Gasteiger partial charge is 0.277 e. The third kappa shape index (κ3) is 2.42. The Balaban J connectivity index is 2.36. The van der Waals surface area contributed by atoms with Crippen molar-refractivity contribution in [3.8, 4) is 0 Å². The molecule has 0 saturated carbocycles. The van der Waals surface area contributed by atoms with Crippen LogP contribution in [0.3, 0.4) is 0 Å². The molecular weight excluding hydrogens is 332 g/mol. The lowest BCUT2D eigenvalue weighted by atomic mass is 10.1. The standard InChI is InChI=1S/C20H18N2O4/c1-5-11(3)7-8-12(6-2)22-19(25)15-9-13-14(10-16(15)20(22)26)18(24)21(4)17(13)23/h6-10H,3,5H2,1-2,4H3/b8-7-,12-6+. The smallest absolute Gasteiger partial charge is 0.266 e. The summed E-state index contributed by atoms with van der Waals surface area (Å²) in [5, 5.41) is 0.562. The molecule has 0 N–H and O–H groups in total. The van der Waals surface area contributed by atoms with Crippen molar-refractivity contribution in [2.24, 2.45) is 7.05 Å². The molecule has 0 amide bonds. The van der Waals surface area contributed by atoms with Crippen LogP contribution in [-0.4, -0.2) is 9.13 Å². The molecule has 0 atom stereocenters. The van der Waals surface area contributed by atoms with E-state index in [9.17, 15) is 19.2 Å². The number of hydrogen-bond donors (Lipinski definition) is 0. The van der Waals surface area contributed by atoms with Crippen molar-refractivity contribution in [3.05, 3.63) is 83.9 Å². The van der Waals surface area contributed by atoms with Crippen molar-refractivity contribution in [2.75, 3.05) is 0 Å². The Hall–Kier alpha value is -3.28. The lowest BCUT2D eigenvalue weighted by molar-refractivity contribution is 0.856. The molecule has 0 radical (unpaired) electrons. The van der Waals surface area contributed by atoms with Gasteiger partial charge in [0.25, 0.3) is 22.2 Å². The van der Waals surface area contributed by atoms with Crippen LogP contribution in [0, 0.1) is 0 Å². The zero-order valence-electron chi connectivity index (χ0n) is 14.8. The first-order valence-corrected chi connectivity index (χ1v) is 8.23. The van der Waals surface area contributed by atoms with Crippen LogP contribution in [0.4, 0.5) is 0 Å². The van der Waals surface area contributed by atoms with E-state index in [0.717, 1.165) is 21.1 Å². The predicted molar refractivity (Wildman–Crippen MR) is 104 cm³/mol. The van der Waals surface area contributed by atoms with Crippen molar-refractivity contribution in [1.82, 2.24) is 9.13 Å². The van der Waals surface area contributed by atoms with Crippen molar-refractivity contribution in [1.29, 1.82) is 0 Å². The second-order valence-corrected chi connectivity index (χ2v) is 6.12. The number of allylic oxidation sites excluding steroid dienone is 5. The lowest BCUT2D eigenvalue weighted by Crippen LogP contribution is -2.24. The highest BCUT2D eigenvalue weighted by Crippen LogP contribution is 2.16. The van der Waals surface area contributed by atoms with Gasteiger partial charge in [-0.25, -0.2) is 4.57 Å². The third-order valence-electron chi connectivity index (χ3n) is 4.59. The molecule has 3 aromatic rings. The zero-order chi connectivity index (χ0) is 19.2. The summed E-state index contributed by atoms with van der Waals surface area (Å²) in [6.07, 6.45) is 5.81. The monoisotopic (exact) mass is 350 g/mol. The Morgan fingerprint density at radius 1 is 0.923 bits per heavy atom. The van der Waals surface area contributed by atoms with E-state index in [-0.39, 0.29) is 21.5 Å². The zero-order valence-corrected chi connectivity index (χ0v) is 14.8. The van der Waals surface area contributed by atoms with Crippen LogP contribution in [0.25, 0.3) is 27.2 Å². The van der Waals surface area contributed by atoms with Crippen LogP contribution < -0.4 is 22.2 Å². The van der Waals surface area contributed by atoms with Gasteiger partial charge in [-0.05, 0) is 31.6 Å². The first kappa shape index (κ1) is 17.5. The summed E-state index contributed by atoms with van der Waals surface area (Å²) in [5.41, 5.74) is -0.696. The first-order chi connectivity index (χ1) is 12.3. The second-order valence-electron chi connectivity index (χ2n) is 6.12. The van der Waals surface area contributed by atoms with Crippen LogP contribution in [-0.2, 0) is 7.05 Å². The molecular formula is C20H18N2O4. The number of hydrogen-bond acceptors (Lipinski definition) is 4. The summed E-state index contributed by atoms with van der Waals surface area (Å²) >= 11 is 0. The minimum absolute atomic E-state index is 0.132. The van der Waals surface area contributed by atoms with Gasteiger partial charge in [0.05, 0.1) is 21.5 Å². The molecule has 0 aliphatic heterocycles. The molecule has 2 heterocycles. The van der Waals surface area contributed by atoms with Gasteiger partial charge >= 0.3 is 0 Å². The van der Waals surface area contributed by atoms with Crippen LogP contribution in [0.1, 0.15) is 20.3 Å². The fraction of sp³-hybridized carbons (Fsp3) is 0.200. The third-order valence-corrected chi connectivity index (χ3v) is 4.59. The summed E-state index contributed by atoms with van der Waals surface area (Å²) in [7, 11) is 1.37. The normalized spacial score (nSPS) is 12.7. The predicted octanol–water partition coefficient (Wildman–Crippen LogP) is 1.83. The van der Waals surface area contributed by atoms with Crippen molar-refractivity contribution < 1.29 is 0 Å². The van der Waals surface area contributed by atoms with E-state index in [1.165, 1.54) is 19.2 Å². The number of benzene rings is 1. The van der Waals surface area contributed by atoms with Gasteiger partial charge in [-0.2, -0.15) is 0 Å². The average Bonchev–Trinajstić information content (AvgIpc) is 3.01. The highest BCUT2D eigenvalue weighted by Gasteiger charge is 2.19. The average molecular weight is 350 g/mol. The second kappa shape index (κ2) is 6.22. The Bertz CT molecular complexity index is 1240. The maximum absolute atomic E-state index is 12.8. The SMILES string of the molecule is C=C(/C=C\C(=C/C)n1c(=O)c2cc3c(=O)n(C)c(=O)c3cc2c1=O)CC. The van der Waals surface area contributed by atoms with E-state index in [1.54, 1.807) is 25.2 Å². The van der Waals surface area contributed by atoms with Gasteiger partial charge in [0.15, 0.2) is 0 Å². The minimum Gasteiger partial charge on any atom is -0.277 e. The lowest BCUT2D eigenvalue weighted by Gasteiger charge is -2.01. The fourth-order valence-electron chi connectivity index (χ4n) is 2.95. The maximum Gasteiger partial charge on any atom is 0.266 e. The Labute approximate surface area is 148 Å². The summed E-state index contributed by atoms with van der Waals surface area (Å²) in [4.78, 5) is 49.9. The molecule has 1 aromatic carbocycles. The molecule has 132 valence electrons. The van der Waals surface area contributed by atoms with Crippen molar-refractivity contribution in [2.45, 2.75) is 20.3 Å². The molecule has 0 fully saturated rings. The first-order valence-electron chi connectivity index (χ1n) is 8.23. The highest BCUT2D eigenvalue weighted by atomic mass is 16.2. The number of aromatic nitrogens is 2. The Morgan fingerprint density at radius 2 is 1.38 bits per heavy atom. The summed E-state index contributed by atoms with van der Waals surface area (Å²) in [5.74, 6) is 0. The molecule has 0 saturated heterocycles. The van der Waals surface area contributed by atoms with Crippen LogP contribution in [0.15, 0.2) is 61.7 Å². The van der Waals surface area contributed by atoms with E-state index in [2.05, 4.69) is 6.58 Å². The fourth-order valence-corrected chi connectivity index (χ4v) is 2.95. The topological polar surface area (TPSA) is 78.1 Å². The Morgan fingerprint density at radius 3 is 1.81 bits per heavy atom. The minimum atomic E-state index is -0.512. The maximum atomic E-state index is 12.8. The molecule has 6 heteroatoms.